The lowest BCUT2D eigenvalue weighted by Gasteiger charge is -2.37. The van der Waals surface area contributed by atoms with Crippen LogP contribution in [0.25, 0.3) is 0 Å². The third-order valence-corrected chi connectivity index (χ3v) is 4.06. The van der Waals surface area contributed by atoms with E-state index in [2.05, 4.69) is 0 Å². The van der Waals surface area contributed by atoms with Gasteiger partial charge in [-0.25, -0.2) is 0 Å². The maximum atomic E-state index is 12.0. The third-order valence-electron chi connectivity index (χ3n) is 4.06. The van der Waals surface area contributed by atoms with Crippen molar-refractivity contribution in [3.63, 3.8) is 0 Å². The highest BCUT2D eigenvalue weighted by Gasteiger charge is 2.37. The number of hydrogen-bond donors (Lipinski definition) is 1. The van der Waals surface area contributed by atoms with Crippen molar-refractivity contribution in [1.29, 1.82) is 0 Å². The Kier molecular flexibility index (Phi) is 4.02. The standard InChI is InChI=1S/C13H21NO3/c15-12-8-2-1-5-9-14(12)11-7-4-3-6-10(11)13(16)17/h10-11H,1-9H2,(H,16,17). The zero-order valence-corrected chi connectivity index (χ0v) is 10.2. The molecule has 0 aromatic heterocycles. The van der Waals surface area contributed by atoms with Gasteiger partial charge < -0.3 is 10.0 Å². The van der Waals surface area contributed by atoms with Crippen LogP contribution in [0.3, 0.4) is 0 Å². The molecule has 1 aliphatic heterocycles. The van der Waals surface area contributed by atoms with Crippen LogP contribution in [0.4, 0.5) is 0 Å². The molecule has 1 N–H and O–H groups in total. The average Bonchev–Trinajstić information content (AvgIpc) is 2.54. The largest absolute Gasteiger partial charge is 0.481 e. The van der Waals surface area contributed by atoms with E-state index in [1.54, 1.807) is 0 Å². The zero-order chi connectivity index (χ0) is 12.3. The van der Waals surface area contributed by atoms with Crippen LogP contribution in [0.1, 0.15) is 51.4 Å². The van der Waals surface area contributed by atoms with E-state index in [4.69, 9.17) is 0 Å². The molecule has 0 aromatic rings. The van der Waals surface area contributed by atoms with Crippen molar-refractivity contribution < 1.29 is 14.7 Å². The number of likely N-dealkylation sites (tertiary alicyclic amines) is 1. The molecule has 4 nitrogen and oxygen atoms in total. The van der Waals surface area contributed by atoms with E-state index < -0.39 is 5.97 Å². The average molecular weight is 239 g/mol. The van der Waals surface area contributed by atoms with Gasteiger partial charge in [-0.3, -0.25) is 9.59 Å². The lowest BCUT2D eigenvalue weighted by Crippen LogP contribution is -2.48. The molecule has 1 amide bonds. The summed E-state index contributed by atoms with van der Waals surface area (Å²) in [7, 11) is 0. The smallest absolute Gasteiger partial charge is 0.308 e. The van der Waals surface area contributed by atoms with E-state index in [9.17, 15) is 14.7 Å². The number of hydrogen-bond acceptors (Lipinski definition) is 2. The van der Waals surface area contributed by atoms with E-state index in [-0.39, 0.29) is 17.9 Å². The van der Waals surface area contributed by atoms with Crippen LogP contribution in [-0.2, 0) is 9.59 Å². The molecule has 2 fully saturated rings. The van der Waals surface area contributed by atoms with Gasteiger partial charge in [0.05, 0.1) is 5.92 Å². The van der Waals surface area contributed by atoms with E-state index in [1.165, 1.54) is 0 Å². The number of nitrogens with zero attached hydrogens (tertiary/aromatic N) is 1. The number of carbonyl (C=O) groups is 2. The first-order valence-corrected chi connectivity index (χ1v) is 6.72. The van der Waals surface area contributed by atoms with Crippen molar-refractivity contribution in [1.82, 2.24) is 4.90 Å². The van der Waals surface area contributed by atoms with Gasteiger partial charge in [0.25, 0.3) is 0 Å². The van der Waals surface area contributed by atoms with E-state index in [1.807, 2.05) is 4.90 Å². The third kappa shape index (κ3) is 2.79. The van der Waals surface area contributed by atoms with Crippen LogP contribution >= 0.6 is 0 Å². The highest BCUT2D eigenvalue weighted by molar-refractivity contribution is 5.78. The molecular formula is C13H21NO3. The molecular weight excluding hydrogens is 218 g/mol. The number of amides is 1. The first-order chi connectivity index (χ1) is 8.20. The molecule has 96 valence electrons. The summed E-state index contributed by atoms with van der Waals surface area (Å²) in [6.45, 7) is 0.757. The minimum atomic E-state index is -0.730. The maximum Gasteiger partial charge on any atom is 0.308 e. The minimum Gasteiger partial charge on any atom is -0.481 e. The second-order valence-electron chi connectivity index (χ2n) is 5.19. The first kappa shape index (κ1) is 12.4. The molecule has 1 aliphatic carbocycles. The normalized spacial score (nSPS) is 31.1. The van der Waals surface area contributed by atoms with Crippen LogP contribution in [-0.4, -0.2) is 34.5 Å². The highest BCUT2D eigenvalue weighted by atomic mass is 16.4. The molecule has 4 heteroatoms. The second-order valence-corrected chi connectivity index (χ2v) is 5.19. The van der Waals surface area contributed by atoms with Crippen molar-refractivity contribution in [3.8, 4) is 0 Å². The fourth-order valence-electron chi connectivity index (χ4n) is 3.13. The monoisotopic (exact) mass is 239 g/mol. The number of aliphatic carboxylic acids is 1. The molecule has 0 spiro atoms. The van der Waals surface area contributed by atoms with Gasteiger partial charge in [0, 0.05) is 19.0 Å². The Morgan fingerprint density at radius 3 is 2.65 bits per heavy atom. The SMILES string of the molecule is O=C(O)C1CCCCC1N1CCCCCC1=O. The molecule has 2 atom stereocenters. The van der Waals surface area contributed by atoms with Crippen molar-refractivity contribution in [2.45, 2.75) is 57.4 Å². The van der Waals surface area contributed by atoms with Crippen LogP contribution in [0, 0.1) is 5.92 Å². The summed E-state index contributed by atoms with van der Waals surface area (Å²) in [5.41, 5.74) is 0. The Morgan fingerprint density at radius 1 is 1.12 bits per heavy atom. The fourth-order valence-corrected chi connectivity index (χ4v) is 3.13. The molecule has 17 heavy (non-hydrogen) atoms. The van der Waals surface area contributed by atoms with Gasteiger partial charge in [-0.1, -0.05) is 19.3 Å². The van der Waals surface area contributed by atoms with Crippen LogP contribution in [0.2, 0.25) is 0 Å². The lowest BCUT2D eigenvalue weighted by molar-refractivity contribution is -0.148. The van der Waals surface area contributed by atoms with Gasteiger partial charge in [0.1, 0.15) is 0 Å². The lowest BCUT2D eigenvalue weighted by atomic mass is 9.83. The number of carboxylic acid groups (broad SMARTS) is 1. The van der Waals surface area contributed by atoms with Gasteiger partial charge >= 0.3 is 5.97 Å². The summed E-state index contributed by atoms with van der Waals surface area (Å²) in [5, 5.41) is 9.26. The van der Waals surface area contributed by atoms with Crippen LogP contribution in [0.15, 0.2) is 0 Å². The molecule has 2 rings (SSSR count). The summed E-state index contributed by atoms with van der Waals surface area (Å²) >= 11 is 0. The predicted molar refractivity (Wildman–Crippen MR) is 63.6 cm³/mol. The quantitative estimate of drug-likeness (QED) is 0.802. The molecule has 1 saturated heterocycles. The van der Waals surface area contributed by atoms with Crippen molar-refractivity contribution in [2.24, 2.45) is 5.92 Å². The number of carboxylic acids is 1. The maximum absolute atomic E-state index is 12.0. The van der Waals surface area contributed by atoms with Gasteiger partial charge in [-0.05, 0) is 25.7 Å². The van der Waals surface area contributed by atoms with Crippen molar-refractivity contribution in [2.75, 3.05) is 6.54 Å². The van der Waals surface area contributed by atoms with Gasteiger partial charge in [0.15, 0.2) is 0 Å². The Morgan fingerprint density at radius 2 is 1.88 bits per heavy atom. The molecule has 2 aliphatic rings. The van der Waals surface area contributed by atoms with Crippen LogP contribution in [0.5, 0.6) is 0 Å². The Hall–Kier alpha value is -1.06. The number of rotatable bonds is 2. The highest BCUT2D eigenvalue weighted by Crippen LogP contribution is 2.30. The molecule has 1 heterocycles. The van der Waals surface area contributed by atoms with E-state index >= 15 is 0 Å². The molecule has 0 bridgehead atoms. The molecule has 0 radical (unpaired) electrons. The summed E-state index contributed by atoms with van der Waals surface area (Å²) in [5.74, 6) is -0.904. The summed E-state index contributed by atoms with van der Waals surface area (Å²) < 4.78 is 0. The summed E-state index contributed by atoms with van der Waals surface area (Å²) in [4.78, 5) is 25.1. The predicted octanol–water partition coefficient (Wildman–Crippen LogP) is 2.03. The minimum absolute atomic E-state index is 0.0492. The number of carbonyl (C=O) groups excluding carboxylic acids is 1. The fraction of sp³-hybridized carbons (Fsp3) is 0.846. The Bertz CT molecular complexity index is 303. The van der Waals surface area contributed by atoms with E-state index in [0.717, 1.165) is 51.5 Å². The zero-order valence-electron chi connectivity index (χ0n) is 10.2. The molecule has 2 unspecified atom stereocenters. The van der Waals surface area contributed by atoms with Gasteiger partial charge in [0.2, 0.25) is 5.91 Å². The Labute approximate surface area is 102 Å². The van der Waals surface area contributed by atoms with Gasteiger partial charge in [-0.2, -0.15) is 0 Å². The van der Waals surface area contributed by atoms with Gasteiger partial charge in [-0.15, -0.1) is 0 Å². The topological polar surface area (TPSA) is 57.6 Å². The summed E-state index contributed by atoms with van der Waals surface area (Å²) in [6.07, 6.45) is 7.30. The van der Waals surface area contributed by atoms with E-state index in [0.29, 0.717) is 6.42 Å². The summed E-state index contributed by atoms with van der Waals surface area (Å²) in [6, 6.07) is -0.0492. The molecule has 1 saturated carbocycles. The second kappa shape index (κ2) is 5.52. The van der Waals surface area contributed by atoms with Crippen LogP contribution < -0.4 is 0 Å². The Balaban J connectivity index is 2.11. The molecule has 0 aromatic carbocycles. The first-order valence-electron chi connectivity index (χ1n) is 6.72. The van der Waals surface area contributed by atoms with Crippen molar-refractivity contribution in [3.05, 3.63) is 0 Å². The van der Waals surface area contributed by atoms with Crippen molar-refractivity contribution >= 4 is 11.9 Å².